The molecule has 134 valence electrons. The van der Waals surface area contributed by atoms with Crippen LogP contribution in [0.2, 0.25) is 0 Å². The predicted molar refractivity (Wildman–Crippen MR) is 84.2 cm³/mol. The second kappa shape index (κ2) is 6.99. The molecule has 3 rings (SSSR count). The molecule has 1 aromatic heterocycles. The number of aromatic nitrogens is 2. The third kappa shape index (κ3) is 3.30. The second-order valence-electron chi connectivity index (χ2n) is 5.50. The van der Waals surface area contributed by atoms with Gasteiger partial charge in [-0.25, -0.2) is 27.3 Å². The van der Waals surface area contributed by atoms with Crippen LogP contribution in [0.5, 0.6) is 0 Å². The Balaban J connectivity index is 1.98. The lowest BCUT2D eigenvalue weighted by Crippen LogP contribution is -2.11. The van der Waals surface area contributed by atoms with E-state index in [1.54, 1.807) is 0 Å². The summed E-state index contributed by atoms with van der Waals surface area (Å²) in [6, 6.07) is 6.53. The van der Waals surface area contributed by atoms with Crippen LogP contribution < -0.4 is 0 Å². The van der Waals surface area contributed by atoms with E-state index in [4.69, 9.17) is 0 Å². The zero-order valence-electron chi connectivity index (χ0n) is 13.2. The van der Waals surface area contributed by atoms with Crippen molar-refractivity contribution >= 4 is 5.97 Å². The molecular weight excluding hydrogens is 352 g/mol. The van der Waals surface area contributed by atoms with Crippen molar-refractivity contribution in [1.82, 2.24) is 9.55 Å². The molecule has 0 aliphatic rings. The zero-order chi connectivity index (χ0) is 18.8. The second-order valence-corrected chi connectivity index (χ2v) is 5.50. The van der Waals surface area contributed by atoms with Gasteiger partial charge < -0.3 is 5.11 Å². The third-order valence-electron chi connectivity index (χ3n) is 3.88. The average Bonchev–Trinajstić information content (AvgIpc) is 3.03. The predicted octanol–water partition coefficient (Wildman–Crippen LogP) is 3.91. The van der Waals surface area contributed by atoms with Gasteiger partial charge in [-0.2, -0.15) is 0 Å². The van der Waals surface area contributed by atoms with Gasteiger partial charge >= 0.3 is 5.97 Å². The number of halogens is 4. The zero-order valence-corrected chi connectivity index (χ0v) is 13.2. The van der Waals surface area contributed by atoms with Crippen LogP contribution in [0.3, 0.4) is 0 Å². The van der Waals surface area contributed by atoms with Crippen LogP contribution >= 0.6 is 0 Å². The van der Waals surface area contributed by atoms with Gasteiger partial charge in [0.15, 0.2) is 17.3 Å². The molecule has 0 saturated heterocycles. The standard InChI is InChI=1S/C18H12F4N2O2/c19-10-1-3-11(4-2-10)24-15(18(25)26)9-23-16(24)8-5-12-13(20)6-7-14(21)17(12)22/h1-4,6-7,9H,5,8H2,(H,25,26). The molecule has 0 saturated carbocycles. The molecule has 2 aromatic carbocycles. The number of rotatable bonds is 5. The van der Waals surface area contributed by atoms with E-state index >= 15 is 0 Å². The summed E-state index contributed by atoms with van der Waals surface area (Å²) in [5, 5.41) is 9.30. The Kier molecular flexibility index (Phi) is 4.75. The Morgan fingerprint density at radius 3 is 2.27 bits per heavy atom. The Morgan fingerprint density at radius 1 is 0.962 bits per heavy atom. The van der Waals surface area contributed by atoms with Gasteiger partial charge in [-0.15, -0.1) is 0 Å². The molecule has 3 aromatic rings. The molecule has 0 radical (unpaired) electrons. The first kappa shape index (κ1) is 17.7. The number of benzene rings is 2. The molecular formula is C18H12F4N2O2. The third-order valence-corrected chi connectivity index (χ3v) is 3.88. The fraction of sp³-hybridized carbons (Fsp3) is 0.111. The van der Waals surface area contributed by atoms with E-state index in [1.165, 1.54) is 16.7 Å². The van der Waals surface area contributed by atoms with E-state index in [0.717, 1.165) is 24.4 Å². The van der Waals surface area contributed by atoms with E-state index in [1.807, 2.05) is 0 Å². The molecule has 26 heavy (non-hydrogen) atoms. The van der Waals surface area contributed by atoms with E-state index in [-0.39, 0.29) is 24.4 Å². The molecule has 8 heteroatoms. The normalized spacial score (nSPS) is 10.9. The molecule has 0 spiro atoms. The first-order valence-electron chi connectivity index (χ1n) is 7.56. The van der Waals surface area contributed by atoms with Crippen molar-refractivity contribution in [1.29, 1.82) is 0 Å². The average molecular weight is 364 g/mol. The van der Waals surface area contributed by atoms with Crippen molar-refractivity contribution in [3.05, 3.63) is 82.9 Å². The quantitative estimate of drug-likeness (QED) is 0.552. The highest BCUT2D eigenvalue weighted by atomic mass is 19.2. The lowest BCUT2D eigenvalue weighted by atomic mass is 10.1. The number of aryl methyl sites for hydroxylation is 1. The largest absolute Gasteiger partial charge is 0.477 e. The van der Waals surface area contributed by atoms with Crippen LogP contribution in [-0.4, -0.2) is 20.6 Å². The number of imidazole rings is 1. The lowest BCUT2D eigenvalue weighted by molar-refractivity contribution is 0.0688. The van der Waals surface area contributed by atoms with Gasteiger partial charge in [-0.1, -0.05) is 0 Å². The van der Waals surface area contributed by atoms with Gasteiger partial charge in [0.25, 0.3) is 0 Å². The van der Waals surface area contributed by atoms with E-state index in [0.29, 0.717) is 11.8 Å². The summed E-state index contributed by atoms with van der Waals surface area (Å²) in [5.41, 5.74) is -0.307. The van der Waals surface area contributed by atoms with Gasteiger partial charge in [0, 0.05) is 17.7 Å². The number of aromatic carboxylic acids is 1. The van der Waals surface area contributed by atoms with Gasteiger partial charge in [0.2, 0.25) is 0 Å². The molecule has 0 bridgehead atoms. The van der Waals surface area contributed by atoms with Crippen LogP contribution in [0.1, 0.15) is 21.9 Å². The summed E-state index contributed by atoms with van der Waals surface area (Å²) in [4.78, 5) is 15.4. The summed E-state index contributed by atoms with van der Waals surface area (Å²) >= 11 is 0. The van der Waals surface area contributed by atoms with Crippen molar-refractivity contribution < 1.29 is 27.5 Å². The Bertz CT molecular complexity index is 968. The molecule has 4 nitrogen and oxygen atoms in total. The van der Waals surface area contributed by atoms with E-state index in [2.05, 4.69) is 4.98 Å². The Hall–Kier alpha value is -3.16. The summed E-state index contributed by atoms with van der Waals surface area (Å²) in [6.07, 6.45) is 0.813. The topological polar surface area (TPSA) is 55.1 Å². The molecule has 0 aliphatic carbocycles. The van der Waals surface area contributed by atoms with Crippen LogP contribution in [-0.2, 0) is 12.8 Å². The summed E-state index contributed by atoms with van der Waals surface area (Å²) in [6.45, 7) is 0. The highest BCUT2D eigenvalue weighted by molar-refractivity contribution is 5.86. The number of carbonyl (C=O) groups is 1. The number of hydrogen-bond donors (Lipinski definition) is 1. The number of carboxylic acid groups (broad SMARTS) is 1. The summed E-state index contributed by atoms with van der Waals surface area (Å²) in [5.74, 6) is -4.94. The maximum Gasteiger partial charge on any atom is 0.354 e. The number of hydrogen-bond acceptors (Lipinski definition) is 2. The van der Waals surface area contributed by atoms with Crippen LogP contribution in [0.25, 0.3) is 5.69 Å². The SMILES string of the molecule is O=C(O)c1cnc(CCc2c(F)ccc(F)c2F)n1-c1ccc(F)cc1. The monoisotopic (exact) mass is 364 g/mol. The molecule has 0 fully saturated rings. The molecule has 0 aliphatic heterocycles. The van der Waals surface area contributed by atoms with E-state index < -0.39 is 34.8 Å². The maximum atomic E-state index is 13.8. The number of nitrogens with zero attached hydrogens (tertiary/aromatic N) is 2. The van der Waals surface area contributed by atoms with Gasteiger partial charge in [0.1, 0.15) is 17.5 Å². The fourth-order valence-electron chi connectivity index (χ4n) is 2.63. The highest BCUT2D eigenvalue weighted by Gasteiger charge is 2.19. The van der Waals surface area contributed by atoms with Gasteiger partial charge in [-0.05, 0) is 42.8 Å². The van der Waals surface area contributed by atoms with Crippen molar-refractivity contribution in [2.24, 2.45) is 0 Å². The fourth-order valence-corrected chi connectivity index (χ4v) is 2.63. The minimum absolute atomic E-state index is 0.0536. The first-order chi connectivity index (χ1) is 12.4. The van der Waals surface area contributed by atoms with Crippen LogP contribution in [0.4, 0.5) is 17.6 Å². The summed E-state index contributed by atoms with van der Waals surface area (Å²) < 4.78 is 55.2. The molecule has 0 atom stereocenters. The van der Waals surface area contributed by atoms with Crippen LogP contribution in [0, 0.1) is 23.3 Å². The van der Waals surface area contributed by atoms with Crippen LogP contribution in [0.15, 0.2) is 42.6 Å². The minimum atomic E-state index is -1.29. The molecule has 0 amide bonds. The number of carboxylic acids is 1. The molecule has 1 N–H and O–H groups in total. The minimum Gasteiger partial charge on any atom is -0.477 e. The Labute approximate surface area is 145 Å². The van der Waals surface area contributed by atoms with Crippen molar-refractivity contribution in [2.75, 3.05) is 0 Å². The van der Waals surface area contributed by atoms with Gasteiger partial charge in [0.05, 0.1) is 6.20 Å². The lowest BCUT2D eigenvalue weighted by Gasteiger charge is -2.11. The van der Waals surface area contributed by atoms with Gasteiger partial charge in [-0.3, -0.25) is 4.57 Å². The smallest absolute Gasteiger partial charge is 0.354 e. The van der Waals surface area contributed by atoms with Crippen molar-refractivity contribution in [3.8, 4) is 5.69 Å². The van der Waals surface area contributed by atoms with Crippen molar-refractivity contribution in [2.45, 2.75) is 12.8 Å². The summed E-state index contributed by atoms with van der Waals surface area (Å²) in [7, 11) is 0. The van der Waals surface area contributed by atoms with E-state index in [9.17, 15) is 27.5 Å². The first-order valence-corrected chi connectivity index (χ1v) is 7.56. The van der Waals surface area contributed by atoms with Crippen molar-refractivity contribution in [3.63, 3.8) is 0 Å². The molecule has 1 heterocycles. The Morgan fingerprint density at radius 2 is 1.62 bits per heavy atom. The molecule has 0 unspecified atom stereocenters. The maximum absolute atomic E-state index is 13.8. The highest BCUT2D eigenvalue weighted by Crippen LogP contribution is 2.21.